The lowest BCUT2D eigenvalue weighted by molar-refractivity contribution is 0.102. The smallest absolute Gasteiger partial charge is 0.255 e. The molecule has 2 aromatic carbocycles. The van der Waals surface area contributed by atoms with E-state index in [0.717, 1.165) is 28.9 Å². The fourth-order valence-electron chi connectivity index (χ4n) is 2.57. The monoisotopic (exact) mass is 353 g/mol. The fourth-order valence-corrected chi connectivity index (χ4v) is 2.57. The SMILES string of the molecule is Cc1cccc(C)c1Nc1cc(C(=O)Nc2ccc(F)cc2F)ccn1. The van der Waals surface area contributed by atoms with Gasteiger partial charge in [-0.25, -0.2) is 13.8 Å². The number of benzene rings is 2. The predicted octanol–water partition coefficient (Wildman–Crippen LogP) is 4.97. The molecule has 6 heteroatoms. The molecule has 0 saturated heterocycles. The van der Waals surface area contributed by atoms with Gasteiger partial charge in [-0.15, -0.1) is 0 Å². The number of nitrogens with one attached hydrogen (secondary N) is 2. The van der Waals surface area contributed by atoms with Crippen LogP contribution in [0, 0.1) is 25.5 Å². The van der Waals surface area contributed by atoms with Crippen molar-refractivity contribution in [2.24, 2.45) is 0 Å². The largest absolute Gasteiger partial charge is 0.340 e. The summed E-state index contributed by atoms with van der Waals surface area (Å²) in [7, 11) is 0. The molecule has 0 aliphatic heterocycles. The third-order valence-electron chi connectivity index (χ3n) is 3.94. The number of anilines is 3. The predicted molar refractivity (Wildman–Crippen MR) is 97.7 cm³/mol. The van der Waals surface area contributed by atoms with Crippen LogP contribution < -0.4 is 10.6 Å². The van der Waals surface area contributed by atoms with Crippen molar-refractivity contribution in [3.63, 3.8) is 0 Å². The first-order chi connectivity index (χ1) is 12.4. The topological polar surface area (TPSA) is 54.0 Å². The zero-order valence-corrected chi connectivity index (χ0v) is 14.3. The number of para-hydroxylation sites is 1. The Kier molecular flexibility index (Phi) is 4.93. The van der Waals surface area contributed by atoms with E-state index in [1.807, 2.05) is 32.0 Å². The van der Waals surface area contributed by atoms with E-state index >= 15 is 0 Å². The zero-order valence-electron chi connectivity index (χ0n) is 14.3. The number of hydrogen-bond donors (Lipinski definition) is 2. The molecule has 0 atom stereocenters. The van der Waals surface area contributed by atoms with E-state index in [-0.39, 0.29) is 5.69 Å². The van der Waals surface area contributed by atoms with Gasteiger partial charge in [-0.3, -0.25) is 4.79 Å². The molecule has 0 aliphatic carbocycles. The van der Waals surface area contributed by atoms with Gasteiger partial charge in [-0.1, -0.05) is 18.2 Å². The first-order valence-corrected chi connectivity index (χ1v) is 8.00. The summed E-state index contributed by atoms with van der Waals surface area (Å²) in [5, 5.41) is 5.64. The minimum Gasteiger partial charge on any atom is -0.340 e. The standard InChI is InChI=1S/C20H17F2N3O/c1-12-4-3-5-13(2)19(12)25-18-10-14(8-9-23-18)20(26)24-17-7-6-15(21)11-16(17)22/h3-11H,1-2H3,(H,23,25)(H,24,26). The molecular formula is C20H17F2N3O. The first-order valence-electron chi connectivity index (χ1n) is 8.00. The molecule has 132 valence electrons. The van der Waals surface area contributed by atoms with Crippen molar-refractivity contribution in [3.05, 3.63) is 83.1 Å². The van der Waals surface area contributed by atoms with E-state index in [4.69, 9.17) is 0 Å². The van der Waals surface area contributed by atoms with Crippen LogP contribution in [0.1, 0.15) is 21.5 Å². The molecule has 0 radical (unpaired) electrons. The number of pyridine rings is 1. The summed E-state index contributed by atoms with van der Waals surface area (Å²) >= 11 is 0. The number of aryl methyl sites for hydroxylation is 2. The average molecular weight is 353 g/mol. The molecule has 3 rings (SSSR count). The average Bonchev–Trinajstić information content (AvgIpc) is 2.61. The fraction of sp³-hybridized carbons (Fsp3) is 0.100. The third kappa shape index (κ3) is 3.85. The highest BCUT2D eigenvalue weighted by atomic mass is 19.1. The highest BCUT2D eigenvalue weighted by molar-refractivity contribution is 6.04. The summed E-state index contributed by atoms with van der Waals surface area (Å²) in [6.07, 6.45) is 1.49. The van der Waals surface area contributed by atoms with Crippen molar-refractivity contribution >= 4 is 23.1 Å². The van der Waals surface area contributed by atoms with Crippen LogP contribution in [0.15, 0.2) is 54.7 Å². The molecular weight excluding hydrogens is 336 g/mol. The summed E-state index contributed by atoms with van der Waals surface area (Å²) in [5.41, 5.74) is 3.24. The number of aromatic nitrogens is 1. The molecule has 0 saturated carbocycles. The lowest BCUT2D eigenvalue weighted by Crippen LogP contribution is -2.13. The summed E-state index contributed by atoms with van der Waals surface area (Å²) in [6.45, 7) is 3.95. The minimum atomic E-state index is -0.832. The normalized spacial score (nSPS) is 10.5. The second kappa shape index (κ2) is 7.31. The van der Waals surface area contributed by atoms with E-state index in [1.54, 1.807) is 6.07 Å². The number of carbonyl (C=O) groups excluding carboxylic acids is 1. The molecule has 0 bridgehead atoms. The van der Waals surface area contributed by atoms with Crippen LogP contribution in [0.4, 0.5) is 26.0 Å². The van der Waals surface area contributed by atoms with Crippen molar-refractivity contribution in [2.75, 3.05) is 10.6 Å². The third-order valence-corrected chi connectivity index (χ3v) is 3.94. The van der Waals surface area contributed by atoms with Gasteiger partial charge in [0.05, 0.1) is 5.69 Å². The number of nitrogens with zero attached hydrogens (tertiary/aromatic N) is 1. The molecule has 4 nitrogen and oxygen atoms in total. The van der Waals surface area contributed by atoms with Crippen molar-refractivity contribution in [1.82, 2.24) is 4.98 Å². The molecule has 0 spiro atoms. The molecule has 1 amide bonds. The summed E-state index contributed by atoms with van der Waals surface area (Å²) in [4.78, 5) is 16.6. The van der Waals surface area contributed by atoms with E-state index in [2.05, 4.69) is 15.6 Å². The molecule has 3 aromatic rings. The molecule has 1 aromatic heterocycles. The van der Waals surface area contributed by atoms with E-state index in [1.165, 1.54) is 18.3 Å². The van der Waals surface area contributed by atoms with E-state index in [9.17, 15) is 13.6 Å². The van der Waals surface area contributed by atoms with Gasteiger partial charge in [0, 0.05) is 23.5 Å². The maximum absolute atomic E-state index is 13.7. The molecule has 0 fully saturated rings. The van der Waals surface area contributed by atoms with Crippen LogP contribution in [-0.4, -0.2) is 10.9 Å². The van der Waals surface area contributed by atoms with Crippen LogP contribution >= 0.6 is 0 Å². The number of halogens is 2. The second-order valence-electron chi connectivity index (χ2n) is 5.90. The van der Waals surface area contributed by atoms with Gasteiger partial charge < -0.3 is 10.6 Å². The summed E-state index contributed by atoms with van der Waals surface area (Å²) < 4.78 is 26.7. The first kappa shape index (κ1) is 17.5. The maximum atomic E-state index is 13.7. The Balaban J connectivity index is 1.81. The molecule has 1 heterocycles. The molecule has 0 aliphatic rings. The van der Waals surface area contributed by atoms with Crippen LogP contribution in [0.5, 0.6) is 0 Å². The maximum Gasteiger partial charge on any atom is 0.255 e. The lowest BCUT2D eigenvalue weighted by Gasteiger charge is -2.13. The molecule has 2 N–H and O–H groups in total. The number of amides is 1. The van der Waals surface area contributed by atoms with Crippen LogP contribution in [0.2, 0.25) is 0 Å². The summed E-state index contributed by atoms with van der Waals surface area (Å²) in [6, 6.07) is 12.0. The van der Waals surface area contributed by atoms with Crippen LogP contribution in [0.3, 0.4) is 0 Å². The van der Waals surface area contributed by atoms with Gasteiger partial charge in [0.1, 0.15) is 17.5 Å². The Hall–Kier alpha value is -3.28. The van der Waals surface area contributed by atoms with E-state index < -0.39 is 17.5 Å². The Morgan fingerprint density at radius 1 is 1.00 bits per heavy atom. The van der Waals surface area contributed by atoms with Crippen LogP contribution in [-0.2, 0) is 0 Å². The van der Waals surface area contributed by atoms with Gasteiger partial charge in [0.2, 0.25) is 0 Å². The molecule has 0 unspecified atom stereocenters. The number of carbonyl (C=O) groups is 1. The van der Waals surface area contributed by atoms with Gasteiger partial charge in [0.15, 0.2) is 0 Å². The molecule has 26 heavy (non-hydrogen) atoms. The van der Waals surface area contributed by atoms with Gasteiger partial charge in [0.25, 0.3) is 5.91 Å². The Labute approximate surface area is 149 Å². The van der Waals surface area contributed by atoms with Crippen molar-refractivity contribution in [3.8, 4) is 0 Å². The Morgan fingerprint density at radius 2 is 1.73 bits per heavy atom. The second-order valence-corrected chi connectivity index (χ2v) is 5.90. The van der Waals surface area contributed by atoms with Gasteiger partial charge in [-0.2, -0.15) is 0 Å². The highest BCUT2D eigenvalue weighted by Gasteiger charge is 2.12. The Morgan fingerprint density at radius 3 is 2.42 bits per heavy atom. The quantitative estimate of drug-likeness (QED) is 0.696. The van der Waals surface area contributed by atoms with Crippen molar-refractivity contribution in [1.29, 1.82) is 0 Å². The van der Waals surface area contributed by atoms with Gasteiger partial charge >= 0.3 is 0 Å². The van der Waals surface area contributed by atoms with Gasteiger partial charge in [-0.05, 0) is 49.2 Å². The zero-order chi connectivity index (χ0) is 18.7. The number of hydrogen-bond acceptors (Lipinski definition) is 3. The summed E-state index contributed by atoms with van der Waals surface area (Å²) in [5.74, 6) is -1.55. The van der Waals surface area contributed by atoms with Crippen molar-refractivity contribution < 1.29 is 13.6 Å². The van der Waals surface area contributed by atoms with E-state index in [0.29, 0.717) is 11.4 Å². The number of rotatable bonds is 4. The van der Waals surface area contributed by atoms with Crippen molar-refractivity contribution in [2.45, 2.75) is 13.8 Å². The highest BCUT2D eigenvalue weighted by Crippen LogP contribution is 2.24. The Bertz CT molecular complexity index is 953. The van der Waals surface area contributed by atoms with Crippen LogP contribution in [0.25, 0.3) is 0 Å². The lowest BCUT2D eigenvalue weighted by atomic mass is 10.1. The minimum absolute atomic E-state index is 0.0857.